The van der Waals surface area contributed by atoms with E-state index >= 15 is 0 Å². The molecule has 1 aliphatic heterocycles. The largest absolute Gasteiger partial charge is 0.358 e. The predicted octanol–water partition coefficient (Wildman–Crippen LogP) is 4.89. The van der Waals surface area contributed by atoms with Gasteiger partial charge in [-0.25, -0.2) is 4.98 Å². The first kappa shape index (κ1) is 22.8. The molecule has 2 amide bonds. The Balaban J connectivity index is 1.56. The number of carbonyl (C=O) groups is 2. The molecule has 168 valence electrons. The van der Waals surface area contributed by atoms with E-state index in [9.17, 15) is 9.59 Å². The molecule has 0 radical (unpaired) electrons. The monoisotopic (exact) mass is 481 g/mol. The van der Waals surface area contributed by atoms with Crippen LogP contribution in [0.15, 0.2) is 59.7 Å². The summed E-state index contributed by atoms with van der Waals surface area (Å²) in [6.45, 7) is 3.42. The Kier molecular flexibility index (Phi) is 6.62. The van der Waals surface area contributed by atoms with Crippen LogP contribution in [-0.4, -0.2) is 47.7 Å². The Bertz CT molecular complexity index is 1240. The number of aryl methyl sites for hydroxylation is 1. The molecule has 0 fully saturated rings. The van der Waals surface area contributed by atoms with Crippen LogP contribution in [0.25, 0.3) is 0 Å². The van der Waals surface area contributed by atoms with Crippen LogP contribution in [0.3, 0.4) is 0 Å². The number of anilines is 2. The minimum atomic E-state index is -0.455. The first-order chi connectivity index (χ1) is 15.8. The summed E-state index contributed by atoms with van der Waals surface area (Å²) in [5, 5.41) is 6.39. The van der Waals surface area contributed by atoms with Gasteiger partial charge < -0.3 is 15.5 Å². The van der Waals surface area contributed by atoms with Crippen LogP contribution in [0.1, 0.15) is 31.8 Å². The maximum absolute atomic E-state index is 13.0. The number of amides is 2. The molecule has 7 nitrogen and oxygen atoms in total. The molecule has 0 unspecified atom stereocenters. The fraction of sp³-hybridized carbons (Fsp3) is 0.167. The average Bonchev–Trinajstić information content (AvgIpc) is 3.22. The Hall–Kier alpha value is -3.42. The lowest BCUT2D eigenvalue weighted by molar-refractivity contribution is 0.102. The highest BCUT2D eigenvalue weighted by Gasteiger charge is 2.19. The molecule has 0 spiro atoms. The zero-order valence-corrected chi connectivity index (χ0v) is 19.5. The molecule has 9 heteroatoms. The number of nitrogens with one attached hydrogen (secondary N) is 2. The maximum Gasteiger partial charge on any atom is 0.258 e. The van der Waals surface area contributed by atoms with Crippen LogP contribution in [-0.2, 0) is 0 Å². The Morgan fingerprint density at radius 1 is 0.970 bits per heavy atom. The number of aliphatic imine (C=N–C) groups is 1. The van der Waals surface area contributed by atoms with Crippen LogP contribution < -0.4 is 10.6 Å². The van der Waals surface area contributed by atoms with E-state index in [2.05, 4.69) is 25.5 Å². The Morgan fingerprint density at radius 3 is 2.36 bits per heavy atom. The summed E-state index contributed by atoms with van der Waals surface area (Å²) in [4.78, 5) is 36.6. The molecule has 33 heavy (non-hydrogen) atoms. The van der Waals surface area contributed by atoms with Crippen molar-refractivity contribution in [3.63, 3.8) is 0 Å². The smallest absolute Gasteiger partial charge is 0.258 e. The fourth-order valence-electron chi connectivity index (χ4n) is 3.52. The SMILES string of the molecule is Cc1cc(Cl)cc(C(=O)Nc2ccc(Cl)cn2)c1NC(=O)c1ccc(C2=NCCN2C)cc1. The molecule has 4 rings (SSSR count). The maximum atomic E-state index is 13.0. The highest BCUT2D eigenvalue weighted by atomic mass is 35.5. The molecule has 0 bridgehead atoms. The predicted molar refractivity (Wildman–Crippen MR) is 132 cm³/mol. The van der Waals surface area contributed by atoms with Gasteiger partial charge in [0.15, 0.2) is 0 Å². The topological polar surface area (TPSA) is 86.7 Å². The van der Waals surface area contributed by atoms with Gasteiger partial charge in [-0.2, -0.15) is 0 Å². The second-order valence-electron chi connectivity index (χ2n) is 7.62. The van der Waals surface area contributed by atoms with Crippen molar-refractivity contribution in [1.82, 2.24) is 9.88 Å². The Morgan fingerprint density at radius 2 is 1.73 bits per heavy atom. The number of carbonyl (C=O) groups excluding carboxylic acids is 2. The lowest BCUT2D eigenvalue weighted by Crippen LogP contribution is -2.23. The molecule has 2 N–H and O–H groups in total. The number of pyridine rings is 1. The first-order valence-corrected chi connectivity index (χ1v) is 11.0. The quantitative estimate of drug-likeness (QED) is 0.542. The van der Waals surface area contributed by atoms with Crippen molar-refractivity contribution in [1.29, 1.82) is 0 Å². The van der Waals surface area contributed by atoms with Gasteiger partial charge >= 0.3 is 0 Å². The average molecular weight is 482 g/mol. The van der Waals surface area contributed by atoms with Gasteiger partial charge in [-0.3, -0.25) is 14.6 Å². The van der Waals surface area contributed by atoms with E-state index in [1.54, 1.807) is 37.3 Å². The summed E-state index contributed by atoms with van der Waals surface area (Å²) in [6.07, 6.45) is 1.43. The van der Waals surface area contributed by atoms with Crippen LogP contribution in [0, 0.1) is 6.92 Å². The number of nitrogens with zero attached hydrogens (tertiary/aromatic N) is 3. The van der Waals surface area contributed by atoms with Crippen molar-refractivity contribution in [2.45, 2.75) is 6.92 Å². The van der Waals surface area contributed by atoms with Crippen molar-refractivity contribution in [2.75, 3.05) is 30.8 Å². The third-order valence-electron chi connectivity index (χ3n) is 5.22. The van der Waals surface area contributed by atoms with Gasteiger partial charge in [0.25, 0.3) is 11.8 Å². The molecule has 0 atom stereocenters. The van der Waals surface area contributed by atoms with E-state index in [-0.39, 0.29) is 11.5 Å². The van der Waals surface area contributed by atoms with E-state index in [0.29, 0.717) is 32.7 Å². The van der Waals surface area contributed by atoms with E-state index in [1.165, 1.54) is 12.3 Å². The minimum Gasteiger partial charge on any atom is -0.358 e. The lowest BCUT2D eigenvalue weighted by Gasteiger charge is -2.16. The molecule has 1 aliphatic rings. The Labute approximate surface area is 201 Å². The number of aromatic nitrogens is 1. The second kappa shape index (κ2) is 9.60. The van der Waals surface area contributed by atoms with Crippen LogP contribution in [0.4, 0.5) is 11.5 Å². The van der Waals surface area contributed by atoms with Gasteiger partial charge in [0.05, 0.1) is 22.8 Å². The number of amidine groups is 1. The number of rotatable bonds is 5. The van der Waals surface area contributed by atoms with Crippen molar-refractivity contribution in [3.05, 3.63) is 87.0 Å². The molecular formula is C24H21Cl2N5O2. The number of hydrogen-bond donors (Lipinski definition) is 2. The van der Waals surface area contributed by atoms with Crippen LogP contribution in [0.5, 0.6) is 0 Å². The molecule has 0 aliphatic carbocycles. The number of hydrogen-bond acceptors (Lipinski definition) is 5. The van der Waals surface area contributed by atoms with Gasteiger partial charge in [0.1, 0.15) is 11.7 Å². The van der Waals surface area contributed by atoms with E-state index in [1.807, 2.05) is 19.2 Å². The first-order valence-electron chi connectivity index (χ1n) is 10.2. The van der Waals surface area contributed by atoms with Gasteiger partial charge in [-0.05, 0) is 48.9 Å². The van der Waals surface area contributed by atoms with Gasteiger partial charge in [-0.15, -0.1) is 0 Å². The summed E-state index contributed by atoms with van der Waals surface area (Å²) in [7, 11) is 1.99. The third kappa shape index (κ3) is 5.16. The minimum absolute atomic E-state index is 0.226. The van der Waals surface area contributed by atoms with Crippen molar-refractivity contribution in [3.8, 4) is 0 Å². The number of halogens is 2. The highest BCUT2D eigenvalue weighted by molar-refractivity contribution is 6.31. The summed E-state index contributed by atoms with van der Waals surface area (Å²) in [6, 6.07) is 13.6. The molecular weight excluding hydrogens is 461 g/mol. The van der Waals surface area contributed by atoms with Crippen LogP contribution >= 0.6 is 23.2 Å². The summed E-state index contributed by atoms with van der Waals surface area (Å²) in [5.41, 5.74) is 2.66. The van der Waals surface area contributed by atoms with E-state index in [4.69, 9.17) is 23.2 Å². The zero-order chi connectivity index (χ0) is 23.5. The summed E-state index contributed by atoms with van der Waals surface area (Å²) >= 11 is 12.0. The van der Waals surface area contributed by atoms with Gasteiger partial charge in [0, 0.05) is 35.9 Å². The lowest BCUT2D eigenvalue weighted by atomic mass is 10.1. The van der Waals surface area contributed by atoms with Gasteiger partial charge in [-0.1, -0.05) is 35.3 Å². The van der Waals surface area contributed by atoms with E-state index < -0.39 is 5.91 Å². The number of likely N-dealkylation sites (N-methyl/N-ethyl adjacent to an activating group) is 1. The normalized spacial score (nSPS) is 13.0. The zero-order valence-electron chi connectivity index (χ0n) is 18.0. The third-order valence-corrected chi connectivity index (χ3v) is 5.66. The van der Waals surface area contributed by atoms with Gasteiger partial charge in [0.2, 0.25) is 0 Å². The number of benzene rings is 2. The second-order valence-corrected chi connectivity index (χ2v) is 8.49. The molecule has 2 aromatic carbocycles. The molecule has 2 heterocycles. The van der Waals surface area contributed by atoms with Crippen molar-refractivity contribution in [2.24, 2.45) is 4.99 Å². The summed E-state index contributed by atoms with van der Waals surface area (Å²) in [5.74, 6) is 0.440. The molecule has 0 saturated carbocycles. The molecule has 0 saturated heterocycles. The highest BCUT2D eigenvalue weighted by Crippen LogP contribution is 2.27. The molecule has 1 aromatic heterocycles. The standard InChI is InChI=1S/C24H21Cl2N5O2/c1-14-11-18(26)12-19(24(33)29-20-8-7-17(25)13-28-20)21(14)30-23(32)16-5-3-15(4-6-16)22-27-9-10-31(22)2/h3-8,11-13H,9-10H2,1-2H3,(H,30,32)(H,28,29,33). The van der Waals surface area contributed by atoms with Crippen LogP contribution in [0.2, 0.25) is 10.0 Å². The molecule has 3 aromatic rings. The van der Waals surface area contributed by atoms with Crippen molar-refractivity contribution >= 4 is 52.4 Å². The van der Waals surface area contributed by atoms with E-state index in [0.717, 1.165) is 24.5 Å². The fourth-order valence-corrected chi connectivity index (χ4v) is 3.91. The summed E-state index contributed by atoms with van der Waals surface area (Å²) < 4.78 is 0. The van der Waals surface area contributed by atoms with Crippen molar-refractivity contribution < 1.29 is 9.59 Å².